The Morgan fingerprint density at radius 2 is 1.95 bits per heavy atom. The van der Waals surface area contributed by atoms with Crippen molar-refractivity contribution < 1.29 is 19.0 Å². The molecule has 2 aromatic carbocycles. The molecular formula is C31H34N2O5S2. The predicted octanol–water partition coefficient (Wildman–Crippen LogP) is 5.12. The van der Waals surface area contributed by atoms with Gasteiger partial charge in [-0.2, -0.15) is 0 Å². The van der Waals surface area contributed by atoms with Crippen LogP contribution in [0.2, 0.25) is 0 Å². The molecule has 40 heavy (non-hydrogen) atoms. The summed E-state index contributed by atoms with van der Waals surface area (Å²) in [6, 6.07) is 12.8. The number of rotatable bonds is 11. The number of carbonyl (C=O) groups is 1. The number of methoxy groups -OCH3 is 1. The van der Waals surface area contributed by atoms with Gasteiger partial charge in [0.25, 0.3) is 5.56 Å². The molecule has 0 aliphatic carbocycles. The van der Waals surface area contributed by atoms with Gasteiger partial charge in [-0.25, -0.2) is 9.79 Å². The van der Waals surface area contributed by atoms with Gasteiger partial charge >= 0.3 is 5.97 Å². The monoisotopic (exact) mass is 578 g/mol. The number of carbonyl (C=O) groups excluding carboxylic acids is 1. The quantitative estimate of drug-likeness (QED) is 0.179. The molecule has 4 rings (SSSR count). The second kappa shape index (κ2) is 13.2. The van der Waals surface area contributed by atoms with E-state index in [-0.39, 0.29) is 12.2 Å². The van der Waals surface area contributed by atoms with Crippen molar-refractivity contribution in [2.75, 3.05) is 26.6 Å². The second-order valence-corrected chi connectivity index (χ2v) is 11.6. The number of hydrogen-bond donors (Lipinski definition) is 0. The summed E-state index contributed by atoms with van der Waals surface area (Å²) in [6.45, 7) is 10.4. The Labute approximate surface area is 242 Å². The van der Waals surface area contributed by atoms with Gasteiger partial charge in [-0.1, -0.05) is 56.0 Å². The van der Waals surface area contributed by atoms with Gasteiger partial charge in [0.15, 0.2) is 16.3 Å². The lowest BCUT2D eigenvalue weighted by Crippen LogP contribution is -2.39. The molecule has 0 fully saturated rings. The fourth-order valence-electron chi connectivity index (χ4n) is 4.35. The molecule has 1 unspecified atom stereocenters. The molecule has 3 aromatic rings. The number of benzene rings is 2. The summed E-state index contributed by atoms with van der Waals surface area (Å²) < 4.78 is 19.0. The number of ether oxygens (including phenoxy) is 3. The number of hydrogen-bond acceptors (Lipinski definition) is 8. The highest BCUT2D eigenvalue weighted by atomic mass is 32.2. The molecular weight excluding hydrogens is 544 g/mol. The normalized spacial score (nSPS) is 15.1. The number of aromatic nitrogens is 1. The molecule has 1 atom stereocenters. The van der Waals surface area contributed by atoms with E-state index >= 15 is 0 Å². The number of thiazole rings is 1. The first-order valence-corrected chi connectivity index (χ1v) is 15.1. The Balaban J connectivity index is 1.80. The molecule has 210 valence electrons. The SMILES string of the molecule is C=CCOC(=O)C1=C(C)N=c2sc(=Cc3ccc(OCCC(C)C)c(OC)c3)c(=O)n2C1c1ccc(SC)cc1. The highest BCUT2D eigenvalue weighted by Crippen LogP contribution is 2.32. The summed E-state index contributed by atoms with van der Waals surface area (Å²) in [4.78, 5) is 33.3. The summed E-state index contributed by atoms with van der Waals surface area (Å²) in [5, 5.41) is 0. The average Bonchev–Trinajstić information content (AvgIpc) is 3.25. The van der Waals surface area contributed by atoms with E-state index in [4.69, 9.17) is 14.2 Å². The van der Waals surface area contributed by atoms with Crippen molar-refractivity contribution in [1.82, 2.24) is 4.57 Å². The number of nitrogens with zero attached hydrogens (tertiary/aromatic N) is 2. The van der Waals surface area contributed by atoms with Crippen LogP contribution in [0.1, 0.15) is 44.4 Å². The largest absolute Gasteiger partial charge is 0.493 e. The molecule has 0 amide bonds. The summed E-state index contributed by atoms with van der Waals surface area (Å²) >= 11 is 2.90. The van der Waals surface area contributed by atoms with Gasteiger partial charge in [-0.15, -0.1) is 11.8 Å². The van der Waals surface area contributed by atoms with Gasteiger partial charge in [0.2, 0.25) is 0 Å². The topological polar surface area (TPSA) is 79.1 Å². The Bertz CT molecular complexity index is 1600. The maximum absolute atomic E-state index is 13.9. The van der Waals surface area contributed by atoms with Crippen molar-refractivity contribution in [3.8, 4) is 11.5 Å². The molecule has 7 nitrogen and oxygen atoms in total. The third-order valence-electron chi connectivity index (χ3n) is 6.44. The number of esters is 1. The number of allylic oxidation sites excluding steroid dienone is 1. The van der Waals surface area contributed by atoms with E-state index in [1.54, 1.807) is 30.4 Å². The minimum atomic E-state index is -0.669. The third-order valence-corrected chi connectivity index (χ3v) is 8.17. The van der Waals surface area contributed by atoms with Crippen LogP contribution in [0, 0.1) is 5.92 Å². The van der Waals surface area contributed by atoms with Crippen LogP contribution in [0.15, 0.2) is 81.1 Å². The molecule has 1 aliphatic heterocycles. The van der Waals surface area contributed by atoms with Crippen LogP contribution in [0.5, 0.6) is 11.5 Å². The molecule has 1 aliphatic rings. The van der Waals surface area contributed by atoms with Gasteiger partial charge in [0.05, 0.1) is 35.6 Å². The third kappa shape index (κ3) is 6.42. The average molecular weight is 579 g/mol. The molecule has 1 aromatic heterocycles. The van der Waals surface area contributed by atoms with Crippen molar-refractivity contribution in [3.05, 3.63) is 97.2 Å². The lowest BCUT2D eigenvalue weighted by Gasteiger charge is -2.24. The molecule has 0 N–H and O–H groups in total. The summed E-state index contributed by atoms with van der Waals surface area (Å²) in [6.07, 6.45) is 6.27. The minimum Gasteiger partial charge on any atom is -0.493 e. The van der Waals surface area contributed by atoms with Gasteiger partial charge in [0, 0.05) is 4.90 Å². The zero-order chi connectivity index (χ0) is 28.8. The lowest BCUT2D eigenvalue weighted by atomic mass is 9.96. The minimum absolute atomic E-state index is 0.0666. The van der Waals surface area contributed by atoms with Crippen LogP contribution < -0.4 is 24.4 Å². The van der Waals surface area contributed by atoms with Crippen molar-refractivity contribution in [3.63, 3.8) is 0 Å². The van der Waals surface area contributed by atoms with Crippen molar-refractivity contribution in [1.29, 1.82) is 0 Å². The van der Waals surface area contributed by atoms with E-state index in [1.165, 1.54) is 17.4 Å². The zero-order valence-corrected chi connectivity index (χ0v) is 25.1. The van der Waals surface area contributed by atoms with Crippen molar-refractivity contribution in [2.45, 2.75) is 38.1 Å². The van der Waals surface area contributed by atoms with Gasteiger partial charge in [-0.3, -0.25) is 9.36 Å². The molecule has 9 heteroatoms. The maximum atomic E-state index is 13.9. The Hall–Kier alpha value is -3.56. The molecule has 0 saturated heterocycles. The van der Waals surface area contributed by atoms with Gasteiger partial charge in [-0.05, 0) is 67.0 Å². The highest BCUT2D eigenvalue weighted by molar-refractivity contribution is 7.98. The van der Waals surface area contributed by atoms with Crippen molar-refractivity contribution in [2.24, 2.45) is 10.9 Å². The van der Waals surface area contributed by atoms with E-state index in [1.807, 2.05) is 54.8 Å². The molecule has 0 bridgehead atoms. The summed E-state index contributed by atoms with van der Waals surface area (Å²) in [7, 11) is 1.60. The molecule has 2 heterocycles. The Morgan fingerprint density at radius 1 is 1.20 bits per heavy atom. The standard InChI is InChI=1S/C31H34N2O5S2/c1-7-15-38-30(35)27-20(4)32-31-33(28(27)22-9-11-23(39-6)12-10-22)29(34)26(40-31)18-21-8-13-24(25(17-21)36-5)37-16-14-19(2)3/h7-13,17-19,28H,1,14-16H2,2-6H3. The van der Waals surface area contributed by atoms with E-state index in [0.29, 0.717) is 44.6 Å². The highest BCUT2D eigenvalue weighted by Gasteiger charge is 2.33. The Kier molecular flexibility index (Phi) is 9.71. The van der Waals surface area contributed by atoms with Crippen LogP contribution in [0.4, 0.5) is 0 Å². The van der Waals surface area contributed by atoms with E-state index < -0.39 is 12.0 Å². The van der Waals surface area contributed by atoms with E-state index in [2.05, 4.69) is 25.4 Å². The smallest absolute Gasteiger partial charge is 0.338 e. The van der Waals surface area contributed by atoms with E-state index in [9.17, 15) is 9.59 Å². The van der Waals surface area contributed by atoms with Crippen molar-refractivity contribution >= 4 is 35.1 Å². The maximum Gasteiger partial charge on any atom is 0.338 e. The fraction of sp³-hybridized carbons (Fsp3) is 0.323. The molecule has 0 saturated carbocycles. The number of fused-ring (bicyclic) bond motifs is 1. The van der Waals surface area contributed by atoms with Gasteiger partial charge < -0.3 is 14.2 Å². The summed E-state index contributed by atoms with van der Waals surface area (Å²) in [5.41, 5.74) is 2.21. The lowest BCUT2D eigenvalue weighted by molar-refractivity contribution is -0.138. The zero-order valence-electron chi connectivity index (χ0n) is 23.4. The molecule has 0 radical (unpaired) electrons. The first kappa shape index (κ1) is 29.4. The number of thioether (sulfide) groups is 1. The first-order valence-electron chi connectivity index (χ1n) is 13.0. The second-order valence-electron chi connectivity index (χ2n) is 9.68. The summed E-state index contributed by atoms with van der Waals surface area (Å²) in [5.74, 6) is 1.28. The van der Waals surface area contributed by atoms with Gasteiger partial charge in [0.1, 0.15) is 6.61 Å². The van der Waals surface area contributed by atoms with Crippen LogP contribution in [0.25, 0.3) is 6.08 Å². The fourth-order valence-corrected chi connectivity index (χ4v) is 5.80. The predicted molar refractivity (Wildman–Crippen MR) is 161 cm³/mol. The van der Waals surface area contributed by atoms with E-state index in [0.717, 1.165) is 22.4 Å². The Morgan fingerprint density at radius 3 is 2.60 bits per heavy atom. The van der Waals surface area contributed by atoms with Crippen LogP contribution in [0.3, 0.4) is 0 Å². The first-order chi connectivity index (χ1) is 19.3. The van der Waals surface area contributed by atoms with Crippen LogP contribution in [-0.2, 0) is 9.53 Å². The van der Waals surface area contributed by atoms with Crippen LogP contribution >= 0.6 is 23.1 Å². The van der Waals surface area contributed by atoms with Crippen LogP contribution in [-0.4, -0.2) is 37.1 Å². The molecule has 0 spiro atoms.